The minimum atomic E-state index is -0.378. The number of thiazole rings is 1. The van der Waals surface area contributed by atoms with E-state index in [0.29, 0.717) is 38.0 Å². The molecule has 184 valence electrons. The Kier molecular flexibility index (Phi) is 8.44. The molecule has 1 fully saturated rings. The van der Waals surface area contributed by atoms with Gasteiger partial charge in [0.1, 0.15) is 16.6 Å². The maximum Gasteiger partial charge on any atom is 0.251 e. The summed E-state index contributed by atoms with van der Waals surface area (Å²) >= 11 is 1.63. The summed E-state index contributed by atoms with van der Waals surface area (Å²) in [5, 5.41) is 5.86. The molecule has 0 spiro atoms. The largest absolute Gasteiger partial charge is 0.497 e. The molecule has 2 amide bonds. The van der Waals surface area contributed by atoms with E-state index in [1.165, 1.54) is 24.3 Å². The van der Waals surface area contributed by atoms with Crippen LogP contribution < -0.4 is 10.1 Å². The van der Waals surface area contributed by atoms with E-state index >= 15 is 0 Å². The van der Waals surface area contributed by atoms with Crippen LogP contribution in [0.25, 0.3) is 10.6 Å². The molecule has 1 aliphatic heterocycles. The number of aromatic nitrogens is 1. The van der Waals surface area contributed by atoms with Crippen LogP contribution in [0.5, 0.6) is 5.75 Å². The van der Waals surface area contributed by atoms with Crippen molar-refractivity contribution in [1.82, 2.24) is 20.1 Å². The lowest BCUT2D eigenvalue weighted by Gasteiger charge is -2.34. The molecule has 1 N–H and O–H groups in total. The molecule has 4 rings (SSSR count). The lowest BCUT2D eigenvalue weighted by Crippen LogP contribution is -2.48. The van der Waals surface area contributed by atoms with Gasteiger partial charge in [-0.15, -0.1) is 11.3 Å². The van der Waals surface area contributed by atoms with Gasteiger partial charge in [-0.2, -0.15) is 0 Å². The highest BCUT2D eigenvalue weighted by atomic mass is 32.1. The van der Waals surface area contributed by atoms with Gasteiger partial charge in [-0.3, -0.25) is 14.5 Å². The number of benzene rings is 2. The molecule has 0 unspecified atom stereocenters. The second-order valence-corrected chi connectivity index (χ2v) is 9.25. The molecule has 3 aromatic rings. The third kappa shape index (κ3) is 6.86. The van der Waals surface area contributed by atoms with E-state index in [2.05, 4.69) is 15.6 Å². The van der Waals surface area contributed by atoms with Gasteiger partial charge in [0.05, 0.1) is 12.8 Å². The molecule has 0 radical (unpaired) electrons. The molecule has 7 nitrogen and oxygen atoms in total. The molecule has 0 saturated carbocycles. The van der Waals surface area contributed by atoms with Crippen LogP contribution in [-0.4, -0.2) is 66.4 Å². The molecule has 9 heteroatoms. The second-order valence-electron chi connectivity index (χ2n) is 8.40. The summed E-state index contributed by atoms with van der Waals surface area (Å²) in [6.45, 7) is 4.17. The Morgan fingerprint density at radius 3 is 2.46 bits per heavy atom. The molecule has 35 heavy (non-hydrogen) atoms. The molecule has 1 aliphatic rings. The van der Waals surface area contributed by atoms with E-state index in [4.69, 9.17) is 9.72 Å². The molecule has 1 saturated heterocycles. The van der Waals surface area contributed by atoms with Crippen LogP contribution in [0.2, 0.25) is 0 Å². The molecule has 0 atom stereocenters. The number of carbonyl (C=O) groups excluding carboxylic acids is 2. The first-order valence-corrected chi connectivity index (χ1v) is 12.5. The minimum Gasteiger partial charge on any atom is -0.497 e. The Labute approximate surface area is 208 Å². The summed E-state index contributed by atoms with van der Waals surface area (Å²) < 4.78 is 18.2. The van der Waals surface area contributed by atoms with Crippen LogP contribution in [0.3, 0.4) is 0 Å². The number of carbonyl (C=O) groups is 2. The number of ether oxygens (including phenoxy) is 1. The predicted molar refractivity (Wildman–Crippen MR) is 134 cm³/mol. The van der Waals surface area contributed by atoms with Crippen molar-refractivity contribution in [3.8, 4) is 16.3 Å². The third-order valence-electron chi connectivity index (χ3n) is 5.96. The number of amides is 2. The summed E-state index contributed by atoms with van der Waals surface area (Å²) in [4.78, 5) is 33.6. The number of hydrogen-bond acceptors (Lipinski definition) is 6. The van der Waals surface area contributed by atoms with Crippen molar-refractivity contribution in [2.45, 2.75) is 19.4 Å². The quantitative estimate of drug-likeness (QED) is 0.456. The van der Waals surface area contributed by atoms with Crippen LogP contribution in [0, 0.1) is 5.82 Å². The number of nitrogens with zero attached hydrogens (tertiary/aromatic N) is 3. The first kappa shape index (κ1) is 24.8. The fourth-order valence-corrected chi connectivity index (χ4v) is 4.75. The number of piperazine rings is 1. The Hall–Kier alpha value is -3.30. The van der Waals surface area contributed by atoms with E-state index in [9.17, 15) is 14.0 Å². The molecular weight excluding hydrogens is 467 g/mol. The van der Waals surface area contributed by atoms with Gasteiger partial charge in [-0.05, 0) is 55.0 Å². The number of nitrogens with one attached hydrogen (secondary N) is 1. The van der Waals surface area contributed by atoms with Gasteiger partial charge >= 0.3 is 0 Å². The van der Waals surface area contributed by atoms with Crippen LogP contribution in [0.4, 0.5) is 4.39 Å². The van der Waals surface area contributed by atoms with Gasteiger partial charge in [0.15, 0.2) is 0 Å². The van der Waals surface area contributed by atoms with Crippen molar-refractivity contribution >= 4 is 23.2 Å². The summed E-state index contributed by atoms with van der Waals surface area (Å²) in [6, 6.07) is 13.3. The Morgan fingerprint density at radius 2 is 1.77 bits per heavy atom. The minimum absolute atomic E-state index is 0.108. The Morgan fingerprint density at radius 1 is 1.06 bits per heavy atom. The summed E-state index contributed by atoms with van der Waals surface area (Å²) in [6.07, 6.45) is 0.958. The van der Waals surface area contributed by atoms with Gasteiger partial charge in [-0.1, -0.05) is 0 Å². The van der Waals surface area contributed by atoms with E-state index in [1.54, 1.807) is 18.4 Å². The number of rotatable bonds is 9. The van der Waals surface area contributed by atoms with E-state index in [0.717, 1.165) is 41.6 Å². The zero-order chi connectivity index (χ0) is 24.6. The SMILES string of the molecule is COc1ccc(-c2nc(CN3CCN(C(=O)CCCNC(=O)c4ccc(F)cc4)CC3)cs2)cc1. The predicted octanol–water partition coefficient (Wildman–Crippen LogP) is 3.81. The third-order valence-corrected chi connectivity index (χ3v) is 6.90. The Balaban J connectivity index is 1.15. The standard InChI is InChI=1S/C26H29FN4O3S/c1-34-23-10-6-20(7-11-23)26-29-22(18-35-26)17-30-13-15-31(16-14-30)24(32)3-2-12-28-25(33)19-4-8-21(27)9-5-19/h4-11,18H,2-3,12-17H2,1H3,(H,28,33). The van der Waals surface area contributed by atoms with Gasteiger partial charge in [0, 0.05) is 62.2 Å². The van der Waals surface area contributed by atoms with Crippen LogP contribution in [0.15, 0.2) is 53.9 Å². The zero-order valence-corrected chi connectivity index (χ0v) is 20.5. The first-order valence-electron chi connectivity index (χ1n) is 11.6. The van der Waals surface area contributed by atoms with Crippen molar-refractivity contribution in [2.75, 3.05) is 39.8 Å². The van der Waals surface area contributed by atoms with Crippen molar-refractivity contribution < 1.29 is 18.7 Å². The number of halogens is 1. The molecule has 2 aromatic carbocycles. The summed E-state index contributed by atoms with van der Waals surface area (Å²) in [7, 11) is 1.65. The molecule has 0 aliphatic carbocycles. The lowest BCUT2D eigenvalue weighted by atomic mass is 10.2. The highest BCUT2D eigenvalue weighted by Gasteiger charge is 2.21. The van der Waals surface area contributed by atoms with Crippen molar-refractivity contribution in [3.05, 3.63) is 71.0 Å². The average molecular weight is 497 g/mol. The van der Waals surface area contributed by atoms with Gasteiger partial charge in [-0.25, -0.2) is 9.37 Å². The van der Waals surface area contributed by atoms with Crippen molar-refractivity contribution in [2.24, 2.45) is 0 Å². The number of hydrogen-bond donors (Lipinski definition) is 1. The highest BCUT2D eigenvalue weighted by Crippen LogP contribution is 2.26. The smallest absolute Gasteiger partial charge is 0.251 e. The maximum atomic E-state index is 13.0. The Bertz CT molecular complexity index is 1130. The van der Waals surface area contributed by atoms with E-state index in [1.807, 2.05) is 29.2 Å². The summed E-state index contributed by atoms with van der Waals surface area (Å²) in [5.74, 6) is 0.296. The maximum absolute atomic E-state index is 13.0. The normalized spacial score (nSPS) is 14.1. The van der Waals surface area contributed by atoms with Crippen LogP contribution >= 0.6 is 11.3 Å². The van der Waals surface area contributed by atoms with Crippen molar-refractivity contribution in [1.29, 1.82) is 0 Å². The zero-order valence-electron chi connectivity index (χ0n) is 19.7. The average Bonchev–Trinajstić information content (AvgIpc) is 3.35. The fourth-order valence-electron chi connectivity index (χ4n) is 3.93. The monoisotopic (exact) mass is 496 g/mol. The van der Waals surface area contributed by atoms with E-state index in [-0.39, 0.29) is 17.6 Å². The molecule has 0 bridgehead atoms. The van der Waals surface area contributed by atoms with Gasteiger partial charge < -0.3 is 15.0 Å². The van der Waals surface area contributed by atoms with E-state index < -0.39 is 0 Å². The van der Waals surface area contributed by atoms with Gasteiger partial charge in [0.2, 0.25) is 5.91 Å². The second kappa shape index (κ2) is 11.9. The first-order chi connectivity index (χ1) is 17.0. The summed E-state index contributed by atoms with van der Waals surface area (Å²) in [5.41, 5.74) is 2.52. The highest BCUT2D eigenvalue weighted by molar-refractivity contribution is 7.13. The molecule has 1 aromatic heterocycles. The van der Waals surface area contributed by atoms with Crippen molar-refractivity contribution in [3.63, 3.8) is 0 Å². The molecular formula is C26H29FN4O3S. The fraction of sp³-hybridized carbons (Fsp3) is 0.346. The number of methoxy groups -OCH3 is 1. The van der Waals surface area contributed by atoms with Gasteiger partial charge in [0.25, 0.3) is 5.91 Å². The molecule has 2 heterocycles. The van der Waals surface area contributed by atoms with Crippen LogP contribution in [0.1, 0.15) is 28.9 Å². The lowest BCUT2D eigenvalue weighted by molar-refractivity contribution is -0.133. The van der Waals surface area contributed by atoms with Crippen LogP contribution in [-0.2, 0) is 11.3 Å². The topological polar surface area (TPSA) is 74.8 Å².